The molecule has 5 nitrogen and oxygen atoms in total. The van der Waals surface area contributed by atoms with Gasteiger partial charge in [0.25, 0.3) is 10.0 Å². The van der Waals surface area contributed by atoms with E-state index < -0.39 is 10.0 Å². The van der Waals surface area contributed by atoms with Crippen LogP contribution in [0.5, 0.6) is 0 Å². The number of para-hydroxylation sites is 1. The molecule has 3 aromatic rings. The maximum absolute atomic E-state index is 12.6. The zero-order valence-corrected chi connectivity index (χ0v) is 17.2. The van der Waals surface area contributed by atoms with Crippen LogP contribution in [0.2, 0.25) is 0 Å². The highest BCUT2D eigenvalue weighted by atomic mass is 32.2. The van der Waals surface area contributed by atoms with E-state index >= 15 is 0 Å². The molecule has 0 aliphatic rings. The van der Waals surface area contributed by atoms with Gasteiger partial charge in [-0.1, -0.05) is 36.4 Å². The van der Waals surface area contributed by atoms with Crippen LogP contribution in [0, 0.1) is 13.8 Å². The highest BCUT2D eigenvalue weighted by Gasteiger charge is 2.15. The monoisotopic (exact) mass is 411 g/mol. The second-order valence-corrected chi connectivity index (χ2v) is 8.42. The number of thiocarbonyl (C=S) groups is 1. The number of benzene rings is 3. The minimum Gasteiger partial charge on any atom is -0.332 e. The van der Waals surface area contributed by atoms with Crippen LogP contribution in [0.3, 0.4) is 0 Å². The van der Waals surface area contributed by atoms with Crippen molar-refractivity contribution in [2.45, 2.75) is 18.7 Å². The summed E-state index contributed by atoms with van der Waals surface area (Å²) in [6.07, 6.45) is 0. The molecule has 0 atom stereocenters. The van der Waals surface area contributed by atoms with Crippen LogP contribution in [0.15, 0.2) is 77.7 Å². The third-order valence-electron chi connectivity index (χ3n) is 4.28. The quantitative estimate of drug-likeness (QED) is 0.520. The standard InChI is InChI=1S/C21H21N3O2S2/c1-15-8-6-13-20(16(15)2)23-21(27)22-18-11-7-12-19(14-18)28(25,26)24-17-9-4-3-5-10-17/h3-14,24H,1-2H3,(H2,22,23,27). The summed E-state index contributed by atoms with van der Waals surface area (Å²) < 4.78 is 27.8. The Labute approximate surface area is 170 Å². The topological polar surface area (TPSA) is 70.2 Å². The van der Waals surface area contributed by atoms with Crippen LogP contribution in [0.25, 0.3) is 0 Å². The number of aryl methyl sites for hydroxylation is 1. The average Bonchev–Trinajstić information content (AvgIpc) is 2.66. The van der Waals surface area contributed by atoms with Gasteiger partial charge in [-0.2, -0.15) is 0 Å². The van der Waals surface area contributed by atoms with Gasteiger partial charge < -0.3 is 10.6 Å². The van der Waals surface area contributed by atoms with Gasteiger partial charge in [0.15, 0.2) is 5.11 Å². The van der Waals surface area contributed by atoms with E-state index in [1.165, 1.54) is 6.07 Å². The van der Waals surface area contributed by atoms with Crippen LogP contribution < -0.4 is 15.4 Å². The lowest BCUT2D eigenvalue weighted by Crippen LogP contribution is -2.20. The van der Waals surface area contributed by atoms with Crippen LogP contribution in [-0.4, -0.2) is 13.5 Å². The number of rotatable bonds is 5. The number of hydrogen-bond donors (Lipinski definition) is 3. The first kappa shape index (κ1) is 19.9. The minimum absolute atomic E-state index is 0.149. The number of nitrogens with one attached hydrogen (secondary N) is 3. The Bertz CT molecular complexity index is 1100. The third-order valence-corrected chi connectivity index (χ3v) is 5.86. The van der Waals surface area contributed by atoms with Crippen molar-refractivity contribution in [1.82, 2.24) is 0 Å². The maximum Gasteiger partial charge on any atom is 0.261 e. The fraction of sp³-hybridized carbons (Fsp3) is 0.0952. The van der Waals surface area contributed by atoms with Crippen molar-refractivity contribution in [2.75, 3.05) is 15.4 Å². The molecule has 0 unspecified atom stereocenters. The lowest BCUT2D eigenvalue weighted by molar-refractivity contribution is 0.601. The van der Waals surface area contributed by atoms with E-state index in [1.54, 1.807) is 42.5 Å². The molecule has 0 fully saturated rings. The summed E-state index contributed by atoms with van der Waals surface area (Å²) in [5.74, 6) is 0. The second kappa shape index (κ2) is 8.41. The first-order valence-electron chi connectivity index (χ1n) is 8.67. The van der Waals surface area contributed by atoms with Crippen LogP contribution in [-0.2, 0) is 10.0 Å². The van der Waals surface area contributed by atoms with E-state index in [0.717, 1.165) is 16.8 Å². The molecule has 7 heteroatoms. The summed E-state index contributed by atoms with van der Waals surface area (Å²) in [6.45, 7) is 4.05. The molecule has 3 rings (SSSR count). The second-order valence-electron chi connectivity index (χ2n) is 6.33. The van der Waals surface area contributed by atoms with Crippen LogP contribution in [0.4, 0.5) is 17.1 Å². The first-order chi connectivity index (χ1) is 13.3. The average molecular weight is 412 g/mol. The molecular weight excluding hydrogens is 390 g/mol. The van der Waals surface area contributed by atoms with Gasteiger partial charge >= 0.3 is 0 Å². The molecule has 0 bridgehead atoms. The third kappa shape index (κ3) is 4.88. The molecule has 0 aromatic heterocycles. The molecule has 0 spiro atoms. The summed E-state index contributed by atoms with van der Waals surface area (Å²) in [6, 6.07) is 21.2. The number of anilines is 3. The SMILES string of the molecule is Cc1cccc(NC(=S)Nc2cccc(S(=O)(=O)Nc3ccccc3)c2)c1C. The van der Waals surface area contributed by atoms with Crippen molar-refractivity contribution in [3.63, 3.8) is 0 Å². The Morgan fingerprint density at radius 2 is 1.50 bits per heavy atom. The zero-order chi connectivity index (χ0) is 20.1. The molecule has 0 aliphatic heterocycles. The highest BCUT2D eigenvalue weighted by molar-refractivity contribution is 7.92. The van der Waals surface area contributed by atoms with Gasteiger partial charge in [-0.15, -0.1) is 0 Å². The van der Waals surface area contributed by atoms with E-state index in [4.69, 9.17) is 12.2 Å². The van der Waals surface area contributed by atoms with Gasteiger partial charge in [0.2, 0.25) is 0 Å². The van der Waals surface area contributed by atoms with Crippen molar-refractivity contribution >= 4 is 44.4 Å². The van der Waals surface area contributed by atoms with E-state index in [0.29, 0.717) is 16.5 Å². The summed E-state index contributed by atoms with van der Waals surface area (Å²) in [5.41, 5.74) is 4.27. The Morgan fingerprint density at radius 3 is 2.25 bits per heavy atom. The molecule has 0 heterocycles. The van der Waals surface area contributed by atoms with Gasteiger partial charge in [-0.25, -0.2) is 8.42 Å². The summed E-state index contributed by atoms with van der Waals surface area (Å²) in [5, 5.41) is 6.58. The Balaban J connectivity index is 1.74. The summed E-state index contributed by atoms with van der Waals surface area (Å²) >= 11 is 5.38. The number of sulfonamides is 1. The predicted molar refractivity (Wildman–Crippen MR) is 119 cm³/mol. The van der Waals surface area contributed by atoms with E-state index in [2.05, 4.69) is 15.4 Å². The summed E-state index contributed by atoms with van der Waals surface area (Å²) in [4.78, 5) is 0.149. The van der Waals surface area contributed by atoms with E-state index in [1.807, 2.05) is 38.1 Å². The molecule has 28 heavy (non-hydrogen) atoms. The number of hydrogen-bond acceptors (Lipinski definition) is 3. The van der Waals surface area contributed by atoms with Crippen LogP contribution >= 0.6 is 12.2 Å². The first-order valence-corrected chi connectivity index (χ1v) is 10.6. The lowest BCUT2D eigenvalue weighted by Gasteiger charge is -2.14. The molecule has 0 saturated heterocycles. The normalized spacial score (nSPS) is 10.9. The smallest absolute Gasteiger partial charge is 0.261 e. The van der Waals surface area contributed by atoms with E-state index in [9.17, 15) is 8.42 Å². The van der Waals surface area contributed by atoms with Gasteiger partial charge in [-0.05, 0) is 73.6 Å². The van der Waals surface area contributed by atoms with Gasteiger partial charge in [-0.3, -0.25) is 4.72 Å². The van der Waals surface area contributed by atoms with Gasteiger partial charge in [0.1, 0.15) is 0 Å². The Hall–Kier alpha value is -2.90. The predicted octanol–water partition coefficient (Wildman–Crippen LogP) is 4.91. The lowest BCUT2D eigenvalue weighted by atomic mass is 10.1. The molecule has 144 valence electrons. The van der Waals surface area contributed by atoms with Crippen molar-refractivity contribution in [1.29, 1.82) is 0 Å². The maximum atomic E-state index is 12.6. The molecule has 0 radical (unpaired) electrons. The van der Waals surface area contributed by atoms with Crippen molar-refractivity contribution < 1.29 is 8.42 Å². The van der Waals surface area contributed by atoms with E-state index in [-0.39, 0.29) is 4.90 Å². The molecule has 0 saturated carbocycles. The largest absolute Gasteiger partial charge is 0.332 e. The molecular formula is C21H21N3O2S2. The van der Waals surface area contributed by atoms with Crippen LogP contribution in [0.1, 0.15) is 11.1 Å². The fourth-order valence-corrected chi connectivity index (χ4v) is 3.96. The molecule has 3 aromatic carbocycles. The van der Waals surface area contributed by atoms with Crippen molar-refractivity contribution in [2.24, 2.45) is 0 Å². The minimum atomic E-state index is -3.70. The Kier molecular flexibility index (Phi) is 5.96. The van der Waals surface area contributed by atoms with Crippen molar-refractivity contribution in [3.8, 4) is 0 Å². The Morgan fingerprint density at radius 1 is 0.821 bits per heavy atom. The fourth-order valence-electron chi connectivity index (χ4n) is 2.63. The van der Waals surface area contributed by atoms with Gasteiger partial charge in [0.05, 0.1) is 4.90 Å². The summed E-state index contributed by atoms with van der Waals surface area (Å²) in [7, 11) is -3.70. The van der Waals surface area contributed by atoms with Gasteiger partial charge in [0, 0.05) is 17.1 Å². The van der Waals surface area contributed by atoms with Crippen molar-refractivity contribution in [3.05, 3.63) is 83.9 Å². The molecule has 3 N–H and O–H groups in total. The molecule has 0 amide bonds. The zero-order valence-electron chi connectivity index (χ0n) is 15.6. The molecule has 0 aliphatic carbocycles. The highest BCUT2D eigenvalue weighted by Crippen LogP contribution is 2.21.